The van der Waals surface area contributed by atoms with Gasteiger partial charge in [-0.25, -0.2) is 4.98 Å². The quantitative estimate of drug-likeness (QED) is 0.928. The van der Waals surface area contributed by atoms with E-state index in [9.17, 15) is 0 Å². The van der Waals surface area contributed by atoms with Gasteiger partial charge < -0.3 is 10.6 Å². The summed E-state index contributed by atoms with van der Waals surface area (Å²) in [6, 6.07) is 2.04. The molecule has 0 fully saturated rings. The molecule has 1 aromatic heterocycles. The maximum absolute atomic E-state index is 6.07. The number of aromatic nitrogens is 1. The molecule has 1 aromatic rings. The molecule has 3 nitrogen and oxygen atoms in total. The molecule has 1 heterocycles. The second kappa shape index (κ2) is 5.68. The Labute approximate surface area is 104 Å². The number of hydrogen-bond donors (Lipinski definition) is 1. The SMILES string of the molecule is CC(N)CCN(C)c1ncc(Br)cc1Cl. The molecule has 15 heavy (non-hydrogen) atoms. The molecule has 84 valence electrons. The number of pyridine rings is 1. The third-order valence-electron chi connectivity index (χ3n) is 2.07. The van der Waals surface area contributed by atoms with Gasteiger partial charge in [-0.05, 0) is 35.3 Å². The van der Waals surface area contributed by atoms with Gasteiger partial charge in [0.15, 0.2) is 0 Å². The van der Waals surface area contributed by atoms with E-state index in [-0.39, 0.29) is 6.04 Å². The first-order chi connectivity index (χ1) is 7.00. The van der Waals surface area contributed by atoms with Crippen LogP contribution < -0.4 is 10.6 Å². The summed E-state index contributed by atoms with van der Waals surface area (Å²) in [5.41, 5.74) is 5.69. The lowest BCUT2D eigenvalue weighted by Gasteiger charge is -2.20. The zero-order valence-electron chi connectivity index (χ0n) is 8.87. The summed E-state index contributed by atoms with van der Waals surface area (Å²) >= 11 is 9.40. The monoisotopic (exact) mass is 291 g/mol. The van der Waals surface area contributed by atoms with Gasteiger partial charge in [0.2, 0.25) is 0 Å². The van der Waals surface area contributed by atoms with E-state index in [0.29, 0.717) is 5.02 Å². The average molecular weight is 293 g/mol. The van der Waals surface area contributed by atoms with Crippen molar-refractivity contribution in [3.8, 4) is 0 Å². The molecular weight excluding hydrogens is 277 g/mol. The molecule has 0 spiro atoms. The van der Waals surface area contributed by atoms with Crippen molar-refractivity contribution in [2.75, 3.05) is 18.5 Å². The number of hydrogen-bond acceptors (Lipinski definition) is 3. The predicted octanol–water partition coefficient (Wildman–Crippen LogP) is 2.67. The van der Waals surface area contributed by atoms with Crippen molar-refractivity contribution in [3.63, 3.8) is 0 Å². The maximum atomic E-state index is 6.07. The summed E-state index contributed by atoms with van der Waals surface area (Å²) in [7, 11) is 1.96. The zero-order valence-corrected chi connectivity index (χ0v) is 11.2. The normalized spacial score (nSPS) is 12.6. The molecule has 1 rings (SSSR count). The molecule has 5 heteroatoms. The van der Waals surface area contributed by atoms with Gasteiger partial charge in [-0.3, -0.25) is 0 Å². The van der Waals surface area contributed by atoms with Gasteiger partial charge in [0, 0.05) is 30.3 Å². The molecule has 1 atom stereocenters. The standard InChI is InChI=1S/C10H15BrClN3/c1-7(13)3-4-15(2)10-9(12)5-8(11)6-14-10/h5-7H,3-4,13H2,1-2H3. The third-order valence-corrected chi connectivity index (χ3v) is 2.78. The van der Waals surface area contributed by atoms with Crippen LogP contribution in [0.1, 0.15) is 13.3 Å². The summed E-state index contributed by atoms with van der Waals surface area (Å²) in [6.45, 7) is 2.84. The maximum Gasteiger partial charge on any atom is 0.147 e. The molecule has 0 bridgehead atoms. The van der Waals surface area contributed by atoms with Gasteiger partial charge in [0.1, 0.15) is 5.82 Å². The smallest absolute Gasteiger partial charge is 0.147 e. The Morgan fingerprint density at radius 3 is 2.87 bits per heavy atom. The molecule has 0 saturated heterocycles. The highest BCUT2D eigenvalue weighted by Gasteiger charge is 2.08. The van der Waals surface area contributed by atoms with Crippen molar-refractivity contribution < 1.29 is 0 Å². The summed E-state index contributed by atoms with van der Waals surface area (Å²) in [5.74, 6) is 0.792. The van der Waals surface area contributed by atoms with Gasteiger partial charge in [-0.15, -0.1) is 0 Å². The van der Waals surface area contributed by atoms with E-state index >= 15 is 0 Å². The average Bonchev–Trinajstić information content (AvgIpc) is 2.14. The Kier molecular flexibility index (Phi) is 4.83. The van der Waals surface area contributed by atoms with Crippen LogP contribution in [-0.2, 0) is 0 Å². The molecule has 2 N–H and O–H groups in total. The van der Waals surface area contributed by atoms with Crippen molar-refractivity contribution >= 4 is 33.3 Å². The minimum Gasteiger partial charge on any atom is -0.358 e. The fraction of sp³-hybridized carbons (Fsp3) is 0.500. The predicted molar refractivity (Wildman–Crippen MR) is 68.5 cm³/mol. The minimum atomic E-state index is 0.196. The van der Waals surface area contributed by atoms with Crippen LogP contribution >= 0.6 is 27.5 Å². The lowest BCUT2D eigenvalue weighted by atomic mass is 10.2. The van der Waals surface area contributed by atoms with E-state index in [4.69, 9.17) is 17.3 Å². The molecule has 0 aliphatic rings. The first kappa shape index (κ1) is 12.7. The highest BCUT2D eigenvalue weighted by Crippen LogP contribution is 2.25. The van der Waals surface area contributed by atoms with Crippen LogP contribution in [0, 0.1) is 0 Å². The topological polar surface area (TPSA) is 42.1 Å². The van der Waals surface area contributed by atoms with E-state index in [1.807, 2.05) is 24.9 Å². The fourth-order valence-corrected chi connectivity index (χ4v) is 1.97. The van der Waals surface area contributed by atoms with Crippen molar-refractivity contribution in [1.82, 2.24) is 4.98 Å². The van der Waals surface area contributed by atoms with Gasteiger partial charge in [0.05, 0.1) is 5.02 Å². The van der Waals surface area contributed by atoms with Crippen LogP contribution in [-0.4, -0.2) is 24.6 Å². The number of rotatable bonds is 4. The highest BCUT2D eigenvalue weighted by atomic mass is 79.9. The lowest BCUT2D eigenvalue weighted by molar-refractivity contribution is 0.656. The fourth-order valence-electron chi connectivity index (χ4n) is 1.19. The van der Waals surface area contributed by atoms with Crippen LogP contribution in [0.15, 0.2) is 16.7 Å². The molecule has 0 aromatic carbocycles. The Morgan fingerprint density at radius 1 is 1.67 bits per heavy atom. The Hall–Kier alpha value is -0.320. The molecule has 0 saturated carbocycles. The number of nitrogens with two attached hydrogens (primary N) is 1. The highest BCUT2D eigenvalue weighted by molar-refractivity contribution is 9.10. The summed E-state index contributed by atoms with van der Waals surface area (Å²) in [5, 5.41) is 0.650. The van der Waals surface area contributed by atoms with Gasteiger partial charge in [0.25, 0.3) is 0 Å². The van der Waals surface area contributed by atoms with E-state index in [2.05, 4.69) is 20.9 Å². The number of anilines is 1. The van der Waals surface area contributed by atoms with Crippen molar-refractivity contribution in [3.05, 3.63) is 21.8 Å². The molecule has 0 aliphatic carbocycles. The van der Waals surface area contributed by atoms with Crippen molar-refractivity contribution in [1.29, 1.82) is 0 Å². The number of halogens is 2. The van der Waals surface area contributed by atoms with E-state index < -0.39 is 0 Å². The second-order valence-corrected chi connectivity index (χ2v) is 4.97. The summed E-state index contributed by atoms with van der Waals surface area (Å²) < 4.78 is 0.886. The first-order valence-electron chi connectivity index (χ1n) is 4.78. The van der Waals surface area contributed by atoms with E-state index in [0.717, 1.165) is 23.3 Å². The van der Waals surface area contributed by atoms with Crippen LogP contribution in [0.2, 0.25) is 5.02 Å². The Bertz CT molecular complexity index is 330. The van der Waals surface area contributed by atoms with Crippen molar-refractivity contribution in [2.24, 2.45) is 5.73 Å². The zero-order chi connectivity index (χ0) is 11.4. The van der Waals surface area contributed by atoms with Gasteiger partial charge >= 0.3 is 0 Å². The van der Waals surface area contributed by atoms with Crippen LogP contribution in [0.25, 0.3) is 0 Å². The molecule has 1 unspecified atom stereocenters. The van der Waals surface area contributed by atoms with Crippen molar-refractivity contribution in [2.45, 2.75) is 19.4 Å². The van der Waals surface area contributed by atoms with E-state index in [1.54, 1.807) is 6.20 Å². The van der Waals surface area contributed by atoms with Crippen LogP contribution in [0.5, 0.6) is 0 Å². The minimum absolute atomic E-state index is 0.196. The Morgan fingerprint density at radius 2 is 2.33 bits per heavy atom. The lowest BCUT2D eigenvalue weighted by Crippen LogP contribution is -2.26. The molecule has 0 amide bonds. The Balaban J connectivity index is 2.69. The molecule has 0 aliphatic heterocycles. The second-order valence-electron chi connectivity index (χ2n) is 3.65. The summed E-state index contributed by atoms with van der Waals surface area (Å²) in [6.07, 6.45) is 2.66. The van der Waals surface area contributed by atoms with Gasteiger partial charge in [-0.2, -0.15) is 0 Å². The van der Waals surface area contributed by atoms with Crippen LogP contribution in [0.3, 0.4) is 0 Å². The number of nitrogens with zero attached hydrogens (tertiary/aromatic N) is 2. The van der Waals surface area contributed by atoms with Gasteiger partial charge in [-0.1, -0.05) is 11.6 Å². The largest absolute Gasteiger partial charge is 0.358 e. The van der Waals surface area contributed by atoms with E-state index in [1.165, 1.54) is 0 Å². The molecule has 0 radical (unpaired) electrons. The van der Waals surface area contributed by atoms with Crippen LogP contribution in [0.4, 0.5) is 5.82 Å². The third kappa shape index (κ3) is 3.97. The molecular formula is C10H15BrClN3. The summed E-state index contributed by atoms with van der Waals surface area (Å²) in [4.78, 5) is 6.27. The first-order valence-corrected chi connectivity index (χ1v) is 5.95.